The average Bonchev–Trinajstić information content (AvgIpc) is 2.55. The van der Waals surface area contributed by atoms with Crippen LogP contribution >= 0.6 is 0 Å². The number of nitrogens with zero attached hydrogens (tertiary/aromatic N) is 1. The highest BCUT2D eigenvalue weighted by Gasteiger charge is 2.09. The van der Waals surface area contributed by atoms with E-state index in [1.807, 2.05) is 0 Å². The van der Waals surface area contributed by atoms with Gasteiger partial charge in [0.05, 0.1) is 5.69 Å². The third-order valence-electron chi connectivity index (χ3n) is 3.68. The van der Waals surface area contributed by atoms with Gasteiger partial charge in [0, 0.05) is 18.7 Å². The van der Waals surface area contributed by atoms with Crippen molar-refractivity contribution in [2.45, 2.75) is 6.42 Å². The molecular weight excluding hydrogens is 347 g/mol. The van der Waals surface area contributed by atoms with Crippen LogP contribution in [0.15, 0.2) is 58.1 Å². The number of H-pyrrole nitrogens is 1. The molecule has 1 heterocycles. The molecule has 0 amide bonds. The number of hydrogen-bond donors (Lipinski definition) is 2. The Hall–Kier alpha value is -3.29. The highest BCUT2D eigenvalue weighted by Crippen LogP contribution is 2.10. The molecule has 5 nitrogen and oxygen atoms in total. The minimum absolute atomic E-state index is 0.176. The molecule has 2 N–H and O–H groups in total. The van der Waals surface area contributed by atoms with Gasteiger partial charge in [0.25, 0.3) is 5.56 Å². The zero-order valence-corrected chi connectivity index (χ0v) is 13.4. The van der Waals surface area contributed by atoms with E-state index in [9.17, 15) is 22.8 Å². The van der Waals surface area contributed by atoms with E-state index < -0.39 is 22.9 Å². The number of anilines is 1. The van der Waals surface area contributed by atoms with Crippen LogP contribution in [0, 0.1) is 17.5 Å². The fraction of sp³-hybridized carbons (Fsp3) is 0.111. The maximum Gasteiger partial charge on any atom is 0.334 e. The maximum absolute atomic E-state index is 13.3. The molecule has 0 aliphatic rings. The predicted octanol–water partition coefficient (Wildman–Crippen LogP) is 2.60. The largest absolute Gasteiger partial charge is 0.371 e. The summed E-state index contributed by atoms with van der Waals surface area (Å²) in [5, 5.41) is 2.88. The Bertz CT molecular complexity index is 991. The maximum atomic E-state index is 13.3. The summed E-state index contributed by atoms with van der Waals surface area (Å²) in [4.78, 5) is 26.7. The number of nitrogens with one attached hydrogen (secondary N) is 2. The third-order valence-corrected chi connectivity index (χ3v) is 3.68. The van der Waals surface area contributed by atoms with E-state index in [0.29, 0.717) is 23.6 Å². The van der Waals surface area contributed by atoms with Crippen LogP contribution in [0.2, 0.25) is 0 Å². The Morgan fingerprint density at radius 3 is 2.15 bits per heavy atom. The number of aromatic amines is 1. The second-order valence-electron chi connectivity index (χ2n) is 5.59. The molecular formula is C18H14F3N3O2. The van der Waals surface area contributed by atoms with Crippen LogP contribution in [-0.4, -0.2) is 16.1 Å². The Labute approximate surface area is 145 Å². The third kappa shape index (κ3) is 4.02. The van der Waals surface area contributed by atoms with Crippen LogP contribution in [0.3, 0.4) is 0 Å². The smallest absolute Gasteiger partial charge is 0.334 e. The molecule has 0 fully saturated rings. The van der Waals surface area contributed by atoms with Crippen molar-refractivity contribution in [2.75, 3.05) is 11.9 Å². The van der Waals surface area contributed by atoms with Crippen molar-refractivity contribution in [3.05, 3.63) is 92.4 Å². The summed E-state index contributed by atoms with van der Waals surface area (Å²) in [5.74, 6) is -1.95. The first-order valence-electron chi connectivity index (χ1n) is 7.73. The Morgan fingerprint density at radius 1 is 0.885 bits per heavy atom. The summed E-state index contributed by atoms with van der Waals surface area (Å²) < 4.78 is 40.1. The Morgan fingerprint density at radius 2 is 1.54 bits per heavy atom. The van der Waals surface area contributed by atoms with Crippen LogP contribution in [-0.2, 0) is 6.42 Å². The molecule has 0 radical (unpaired) electrons. The van der Waals surface area contributed by atoms with Gasteiger partial charge in [-0.3, -0.25) is 9.78 Å². The second kappa shape index (κ2) is 7.30. The lowest BCUT2D eigenvalue weighted by Crippen LogP contribution is -2.34. The van der Waals surface area contributed by atoms with Crippen molar-refractivity contribution in [3.8, 4) is 5.69 Å². The van der Waals surface area contributed by atoms with Crippen LogP contribution in [0.1, 0.15) is 5.56 Å². The summed E-state index contributed by atoms with van der Waals surface area (Å²) in [5.41, 5.74) is -0.883. The van der Waals surface area contributed by atoms with Gasteiger partial charge in [-0.05, 0) is 36.2 Å². The van der Waals surface area contributed by atoms with Gasteiger partial charge in [0.1, 0.15) is 23.3 Å². The number of hydrogen-bond acceptors (Lipinski definition) is 3. The van der Waals surface area contributed by atoms with Crippen molar-refractivity contribution in [1.82, 2.24) is 9.55 Å². The average molecular weight is 361 g/mol. The van der Waals surface area contributed by atoms with Crippen molar-refractivity contribution in [1.29, 1.82) is 0 Å². The predicted molar refractivity (Wildman–Crippen MR) is 91.2 cm³/mol. The summed E-state index contributed by atoms with van der Waals surface area (Å²) in [6.07, 6.45) is 0.542. The zero-order chi connectivity index (χ0) is 18.7. The van der Waals surface area contributed by atoms with Gasteiger partial charge < -0.3 is 5.32 Å². The van der Waals surface area contributed by atoms with Crippen molar-refractivity contribution in [2.24, 2.45) is 0 Å². The van der Waals surface area contributed by atoms with Crippen LogP contribution in [0.5, 0.6) is 0 Å². The van der Waals surface area contributed by atoms with Gasteiger partial charge in [-0.15, -0.1) is 0 Å². The van der Waals surface area contributed by atoms with Gasteiger partial charge in [0.2, 0.25) is 0 Å². The van der Waals surface area contributed by atoms with Gasteiger partial charge in [-0.1, -0.05) is 12.1 Å². The Kier molecular flexibility index (Phi) is 4.92. The molecule has 134 valence electrons. The van der Waals surface area contributed by atoms with Gasteiger partial charge >= 0.3 is 5.69 Å². The lowest BCUT2D eigenvalue weighted by Gasteiger charge is -2.09. The summed E-state index contributed by atoms with van der Waals surface area (Å²) >= 11 is 0. The minimum atomic E-state index is -0.896. The van der Waals surface area contributed by atoms with E-state index in [1.54, 1.807) is 12.1 Å². The molecule has 0 bridgehead atoms. The molecule has 3 rings (SSSR count). The fourth-order valence-electron chi connectivity index (χ4n) is 2.50. The number of benzene rings is 2. The van der Waals surface area contributed by atoms with Gasteiger partial charge in [-0.2, -0.15) is 0 Å². The normalized spacial score (nSPS) is 10.7. The lowest BCUT2D eigenvalue weighted by molar-refractivity contribution is 0.580. The molecule has 2 aromatic carbocycles. The minimum Gasteiger partial charge on any atom is -0.371 e. The van der Waals surface area contributed by atoms with E-state index in [1.165, 1.54) is 12.1 Å². The van der Waals surface area contributed by atoms with Crippen molar-refractivity contribution < 1.29 is 13.2 Å². The molecule has 0 saturated carbocycles. The quantitative estimate of drug-likeness (QED) is 0.734. The Balaban J connectivity index is 1.78. The van der Waals surface area contributed by atoms with Crippen molar-refractivity contribution >= 4 is 5.82 Å². The molecule has 1 aromatic heterocycles. The van der Waals surface area contributed by atoms with E-state index in [-0.39, 0.29) is 17.3 Å². The molecule has 3 aromatic rings. The standard InChI is InChI=1S/C18H14F3N3O2/c19-12-3-1-11(2-4-12)5-6-22-16-10-17(25)24(18(26)23-16)15-8-13(20)7-14(21)9-15/h1-4,7-10,22H,5-6H2,(H,23,26). The summed E-state index contributed by atoms with van der Waals surface area (Å²) in [7, 11) is 0. The van der Waals surface area contributed by atoms with E-state index in [2.05, 4.69) is 10.3 Å². The van der Waals surface area contributed by atoms with E-state index in [0.717, 1.165) is 23.8 Å². The number of halogens is 3. The first kappa shape index (κ1) is 17.5. The van der Waals surface area contributed by atoms with Crippen molar-refractivity contribution in [3.63, 3.8) is 0 Å². The van der Waals surface area contributed by atoms with Crippen LogP contribution in [0.4, 0.5) is 19.0 Å². The van der Waals surface area contributed by atoms with E-state index in [4.69, 9.17) is 0 Å². The number of rotatable bonds is 5. The fourth-order valence-corrected chi connectivity index (χ4v) is 2.50. The highest BCUT2D eigenvalue weighted by atomic mass is 19.1. The van der Waals surface area contributed by atoms with Gasteiger partial charge in [0.15, 0.2) is 0 Å². The molecule has 0 saturated heterocycles. The van der Waals surface area contributed by atoms with Crippen LogP contribution in [0.25, 0.3) is 5.69 Å². The first-order chi connectivity index (χ1) is 12.4. The highest BCUT2D eigenvalue weighted by molar-refractivity contribution is 5.37. The SMILES string of the molecule is O=c1cc(NCCc2ccc(F)cc2)[nH]c(=O)n1-c1cc(F)cc(F)c1. The molecule has 8 heteroatoms. The molecule has 0 aliphatic carbocycles. The topological polar surface area (TPSA) is 66.9 Å². The zero-order valence-electron chi connectivity index (χ0n) is 13.4. The number of aromatic nitrogens is 2. The second-order valence-corrected chi connectivity index (χ2v) is 5.59. The van der Waals surface area contributed by atoms with Crippen LogP contribution < -0.4 is 16.6 Å². The monoisotopic (exact) mass is 361 g/mol. The summed E-state index contributed by atoms with van der Waals surface area (Å²) in [6.45, 7) is 0.389. The molecule has 0 atom stereocenters. The molecule has 0 unspecified atom stereocenters. The van der Waals surface area contributed by atoms with E-state index >= 15 is 0 Å². The lowest BCUT2D eigenvalue weighted by atomic mass is 10.1. The summed E-state index contributed by atoms with van der Waals surface area (Å²) in [6, 6.07) is 9.51. The molecule has 0 aliphatic heterocycles. The first-order valence-corrected chi connectivity index (χ1v) is 7.73. The molecule has 0 spiro atoms. The van der Waals surface area contributed by atoms with Gasteiger partial charge in [-0.25, -0.2) is 22.5 Å². The molecule has 26 heavy (non-hydrogen) atoms.